The maximum Gasteiger partial charge on any atom is 3.00 e. The zero-order chi connectivity index (χ0) is 60.3. The van der Waals surface area contributed by atoms with Gasteiger partial charge < -0.3 is 44.2 Å². The van der Waals surface area contributed by atoms with E-state index in [2.05, 4.69) is 100 Å². The maximum absolute atomic E-state index is 9.23. The fourth-order valence-corrected chi connectivity index (χ4v) is 8.58. The first kappa shape index (κ1) is 72.8. The zero-order valence-corrected chi connectivity index (χ0v) is 55.8. The van der Waals surface area contributed by atoms with Crippen molar-refractivity contribution in [3.63, 3.8) is 0 Å². The van der Waals surface area contributed by atoms with E-state index in [9.17, 15) is 5.11 Å². The summed E-state index contributed by atoms with van der Waals surface area (Å²) in [6.45, 7) is 13.2. The molecule has 0 saturated carbocycles. The number of phenols is 1. The number of hydrogen-bond acceptors (Lipinski definition) is 9. The van der Waals surface area contributed by atoms with Gasteiger partial charge in [0, 0.05) is 61.9 Å². The molecule has 0 bridgehead atoms. The second kappa shape index (κ2) is 40.7. The Morgan fingerprint density at radius 2 is 0.652 bits per heavy atom. The van der Waals surface area contributed by atoms with Gasteiger partial charge in [-0.15, -0.1) is 203 Å². The van der Waals surface area contributed by atoms with Crippen LogP contribution in [-0.4, -0.2) is 56.5 Å². The number of phenolic OH excluding ortho intramolecular Hbond substituents is 1. The molecular formula is C77H74Ir2N6O3Si. The molecule has 7 heterocycles. The van der Waals surface area contributed by atoms with Gasteiger partial charge >= 0.3 is 40.2 Å². The van der Waals surface area contributed by atoms with Crippen molar-refractivity contribution in [1.29, 1.82) is 0 Å². The van der Waals surface area contributed by atoms with E-state index in [1.807, 2.05) is 224 Å². The summed E-state index contributed by atoms with van der Waals surface area (Å²) < 4.78 is 11.3. The zero-order valence-electron chi connectivity index (χ0n) is 50.0. The predicted octanol–water partition coefficient (Wildman–Crippen LogP) is 18.8. The average molecular weight is 1540 g/mol. The van der Waals surface area contributed by atoms with Crippen LogP contribution in [0.2, 0.25) is 18.1 Å². The Labute approximate surface area is 556 Å². The van der Waals surface area contributed by atoms with Crippen molar-refractivity contribution >= 4 is 8.32 Å². The van der Waals surface area contributed by atoms with Crippen LogP contribution in [0, 0.1) is 36.4 Å². The SMILES string of the molecule is C.C1CCOC1.CC(C)(C)[Si](C)(C)Oc1cc[c-]c(-c2ccccn2)c1.Oc1cc[c-]c(-c2ccccn2)c1.[Ir+3].[Ir+3].[c-]1ccccc1-c1ccccn1.[c-]1ccccc1-c1ccccn1.[c-]1ccccc1-c1ccccn1.[c-]1ccccc1-c1ccccn1. The molecular weight excluding hydrogens is 1470 g/mol. The van der Waals surface area contributed by atoms with Gasteiger partial charge in [0.2, 0.25) is 8.32 Å². The molecule has 6 aromatic carbocycles. The van der Waals surface area contributed by atoms with E-state index >= 15 is 0 Å². The number of rotatable bonds is 8. The van der Waals surface area contributed by atoms with Crippen LogP contribution in [0.1, 0.15) is 41.0 Å². The smallest absolute Gasteiger partial charge is 0.558 e. The molecule has 6 aromatic heterocycles. The Bertz CT molecular complexity index is 3240. The molecule has 0 unspecified atom stereocenters. The Morgan fingerprint density at radius 1 is 0.371 bits per heavy atom. The first-order chi connectivity index (χ1) is 42.0. The summed E-state index contributed by atoms with van der Waals surface area (Å²) in [5, 5.41) is 9.42. The second-order valence-corrected chi connectivity index (χ2v) is 25.2. The van der Waals surface area contributed by atoms with Gasteiger partial charge in [-0.05, 0) is 102 Å². The first-order valence-electron chi connectivity index (χ1n) is 28.4. The van der Waals surface area contributed by atoms with Crippen molar-refractivity contribution in [2.24, 2.45) is 0 Å². The van der Waals surface area contributed by atoms with Crippen molar-refractivity contribution in [2.45, 2.75) is 59.2 Å². The molecule has 0 amide bonds. The Morgan fingerprint density at radius 3 is 0.899 bits per heavy atom. The third-order valence-electron chi connectivity index (χ3n) is 13.0. The monoisotopic (exact) mass is 1540 g/mol. The molecule has 12 aromatic rings. The quantitative estimate of drug-likeness (QED) is 0.117. The van der Waals surface area contributed by atoms with Crippen LogP contribution in [0.4, 0.5) is 0 Å². The van der Waals surface area contributed by atoms with Crippen LogP contribution < -0.4 is 4.43 Å². The van der Waals surface area contributed by atoms with Crippen LogP contribution in [0.5, 0.6) is 11.5 Å². The summed E-state index contributed by atoms with van der Waals surface area (Å²) in [5.41, 5.74) is 11.6. The summed E-state index contributed by atoms with van der Waals surface area (Å²) in [4.78, 5) is 25.4. The van der Waals surface area contributed by atoms with Gasteiger partial charge in [0.1, 0.15) is 0 Å². The standard InChI is InChI=1S/C17H22NOSi.C11H8NO.4C11H8N.C4H8O.CH4.2Ir/c1-17(2,3)20(4,5)19-15-10-8-9-14(13-15)16-11-6-7-12-18-16;13-10-5-3-4-9(8-10)11-6-1-2-7-12-11;4*1-2-6-10(7-3-1)11-8-4-5-9-12-11;1-2-4-5-3-1;;;/h6-8,10-13H,1-5H3;1-3,5-8,13H;4*1-6,8-9H;1-4H2;1H4;;/q6*-1;;;2*+3. The molecule has 0 atom stereocenters. The van der Waals surface area contributed by atoms with E-state index in [1.54, 1.807) is 55.4 Å². The van der Waals surface area contributed by atoms with Gasteiger partial charge in [-0.2, -0.15) is 0 Å². The molecule has 1 aliphatic rings. The minimum Gasteiger partial charge on any atom is -0.558 e. The van der Waals surface area contributed by atoms with Gasteiger partial charge in [0.05, 0.1) is 0 Å². The summed E-state index contributed by atoms with van der Waals surface area (Å²) in [6.07, 6.45) is 13.2. The molecule has 12 heteroatoms. The molecule has 1 fully saturated rings. The van der Waals surface area contributed by atoms with E-state index in [0.717, 1.165) is 86.5 Å². The van der Waals surface area contributed by atoms with Crippen molar-refractivity contribution in [3.8, 4) is 79.0 Å². The van der Waals surface area contributed by atoms with E-state index in [1.165, 1.54) is 12.8 Å². The molecule has 0 aliphatic carbocycles. The van der Waals surface area contributed by atoms with Crippen LogP contribution in [0.3, 0.4) is 0 Å². The third kappa shape index (κ3) is 26.3. The third-order valence-corrected chi connectivity index (χ3v) is 17.4. The minimum atomic E-state index is -1.80. The van der Waals surface area contributed by atoms with E-state index in [0.29, 0.717) is 0 Å². The van der Waals surface area contributed by atoms with Crippen LogP contribution in [0.25, 0.3) is 67.5 Å². The molecule has 9 nitrogen and oxygen atoms in total. The summed E-state index contributed by atoms with van der Waals surface area (Å²) >= 11 is 0. The van der Waals surface area contributed by atoms with Crippen molar-refractivity contribution in [3.05, 3.63) is 316 Å². The van der Waals surface area contributed by atoms with Gasteiger partial charge in [-0.25, -0.2) is 0 Å². The van der Waals surface area contributed by atoms with E-state index < -0.39 is 8.32 Å². The summed E-state index contributed by atoms with van der Waals surface area (Å²) in [7, 11) is -1.80. The van der Waals surface area contributed by atoms with Crippen molar-refractivity contribution in [1.82, 2.24) is 29.9 Å². The molecule has 1 aliphatic heterocycles. The number of nitrogens with zero attached hydrogens (tertiary/aromatic N) is 6. The van der Waals surface area contributed by atoms with Crippen LogP contribution >= 0.6 is 0 Å². The van der Waals surface area contributed by atoms with Gasteiger partial charge in [0.25, 0.3) is 0 Å². The number of hydrogen-bond donors (Lipinski definition) is 1. The van der Waals surface area contributed by atoms with Gasteiger partial charge in [-0.1, -0.05) is 101 Å². The fraction of sp³-hybridized carbons (Fsp3) is 0.143. The Hall–Kier alpha value is -8.70. The van der Waals surface area contributed by atoms with Gasteiger partial charge in [0.15, 0.2) is 0 Å². The number of ether oxygens (including phenoxy) is 1. The summed E-state index contributed by atoms with van der Waals surface area (Å²) in [6, 6.07) is 95.8. The Balaban J connectivity index is 0.000000225. The predicted molar refractivity (Wildman–Crippen MR) is 357 cm³/mol. The maximum atomic E-state index is 9.23. The largest absolute Gasteiger partial charge is 3.00 e. The molecule has 1 saturated heterocycles. The number of aromatic hydroxyl groups is 1. The number of benzene rings is 6. The van der Waals surface area contributed by atoms with Crippen LogP contribution in [-0.2, 0) is 44.9 Å². The van der Waals surface area contributed by atoms with Crippen molar-refractivity contribution < 1.29 is 54.5 Å². The molecule has 89 heavy (non-hydrogen) atoms. The van der Waals surface area contributed by atoms with E-state index in [4.69, 9.17) is 9.16 Å². The molecule has 0 spiro atoms. The topological polar surface area (TPSA) is 116 Å². The van der Waals surface area contributed by atoms with Crippen LogP contribution in [0.15, 0.2) is 280 Å². The molecule has 452 valence electrons. The van der Waals surface area contributed by atoms with E-state index in [-0.39, 0.29) is 58.4 Å². The Kier molecular flexibility index (Phi) is 33.3. The minimum absolute atomic E-state index is 0. The summed E-state index contributed by atoms with van der Waals surface area (Å²) in [5.74, 6) is 1.15. The number of aromatic nitrogens is 6. The van der Waals surface area contributed by atoms with Gasteiger partial charge in [-0.3, -0.25) is 0 Å². The first-order valence-corrected chi connectivity index (χ1v) is 31.3. The normalized spacial score (nSPS) is 10.8. The molecule has 1 N–H and O–H groups in total. The van der Waals surface area contributed by atoms with Crippen molar-refractivity contribution in [2.75, 3.05) is 13.2 Å². The number of pyridine rings is 6. The molecule has 13 rings (SSSR count). The average Bonchev–Trinajstić information content (AvgIpc) is 2.27. The second-order valence-electron chi connectivity index (χ2n) is 20.5. The molecule has 0 radical (unpaired) electrons. The fourth-order valence-electron chi connectivity index (χ4n) is 7.56.